The van der Waals surface area contributed by atoms with Crippen molar-refractivity contribution < 1.29 is 9.52 Å². The summed E-state index contributed by atoms with van der Waals surface area (Å²) in [6, 6.07) is 11.7. The highest BCUT2D eigenvalue weighted by atomic mass is 32.1. The van der Waals surface area contributed by atoms with Crippen LogP contribution in [0, 0.1) is 0 Å². The minimum atomic E-state index is -0.0550. The number of nitrogens with one attached hydrogen (secondary N) is 1. The number of aliphatic hydroxyl groups is 1. The van der Waals surface area contributed by atoms with Gasteiger partial charge < -0.3 is 14.8 Å². The molecule has 0 saturated heterocycles. The number of fused-ring (bicyclic) bond motifs is 1. The van der Waals surface area contributed by atoms with Gasteiger partial charge in [0.1, 0.15) is 5.76 Å². The van der Waals surface area contributed by atoms with E-state index in [9.17, 15) is 0 Å². The van der Waals surface area contributed by atoms with E-state index in [4.69, 9.17) is 9.52 Å². The quantitative estimate of drug-likeness (QED) is 0.748. The van der Waals surface area contributed by atoms with Crippen molar-refractivity contribution in [2.45, 2.75) is 12.5 Å². The zero-order valence-corrected chi connectivity index (χ0v) is 11.1. The third-order valence-electron chi connectivity index (χ3n) is 2.90. The Bertz CT molecular complexity index is 615. The van der Waals surface area contributed by atoms with Crippen LogP contribution in [0.15, 0.2) is 47.1 Å². The number of rotatable bonds is 5. The van der Waals surface area contributed by atoms with Gasteiger partial charge in [-0.2, -0.15) is 0 Å². The Labute approximate surface area is 114 Å². The highest BCUT2D eigenvalue weighted by molar-refractivity contribution is 7.22. The lowest BCUT2D eigenvalue weighted by Gasteiger charge is -2.14. The Kier molecular flexibility index (Phi) is 3.48. The SMILES string of the molecule is OCCC(Nc1nc2ccccc2s1)c1ccco1. The van der Waals surface area contributed by atoms with E-state index in [1.165, 1.54) is 0 Å². The van der Waals surface area contributed by atoms with Gasteiger partial charge in [0.25, 0.3) is 0 Å². The van der Waals surface area contributed by atoms with Crippen LogP contribution in [0.25, 0.3) is 10.2 Å². The lowest BCUT2D eigenvalue weighted by atomic mass is 10.1. The Hall–Kier alpha value is -1.85. The zero-order chi connectivity index (χ0) is 13.1. The first-order chi connectivity index (χ1) is 9.36. The summed E-state index contributed by atoms with van der Waals surface area (Å²) in [5.41, 5.74) is 0.984. The molecule has 0 amide bonds. The molecule has 3 rings (SSSR count). The van der Waals surface area contributed by atoms with Crippen molar-refractivity contribution in [3.05, 3.63) is 48.4 Å². The Morgan fingerprint density at radius 3 is 2.89 bits per heavy atom. The van der Waals surface area contributed by atoms with Crippen molar-refractivity contribution in [2.75, 3.05) is 11.9 Å². The van der Waals surface area contributed by atoms with Crippen molar-refractivity contribution in [1.29, 1.82) is 0 Å². The second-order valence-corrected chi connectivity index (χ2v) is 5.24. The van der Waals surface area contributed by atoms with Crippen LogP contribution in [-0.2, 0) is 0 Å². The molecule has 2 heterocycles. The molecule has 0 saturated carbocycles. The van der Waals surface area contributed by atoms with Crippen molar-refractivity contribution in [1.82, 2.24) is 4.98 Å². The van der Waals surface area contributed by atoms with Crippen molar-refractivity contribution in [3.63, 3.8) is 0 Å². The lowest BCUT2D eigenvalue weighted by molar-refractivity contribution is 0.273. The summed E-state index contributed by atoms with van der Waals surface area (Å²) in [7, 11) is 0. The number of hydrogen-bond donors (Lipinski definition) is 2. The number of thiazole rings is 1. The van der Waals surface area contributed by atoms with Gasteiger partial charge in [-0.3, -0.25) is 0 Å². The van der Waals surface area contributed by atoms with E-state index in [-0.39, 0.29) is 12.6 Å². The molecule has 4 nitrogen and oxygen atoms in total. The first-order valence-electron chi connectivity index (χ1n) is 6.13. The van der Waals surface area contributed by atoms with Gasteiger partial charge in [0.2, 0.25) is 0 Å². The standard InChI is InChI=1S/C14H14N2O2S/c17-8-7-10(12-5-3-9-18-12)15-14-16-11-4-1-2-6-13(11)19-14/h1-6,9-10,17H,7-8H2,(H,15,16). The van der Waals surface area contributed by atoms with Crippen molar-refractivity contribution in [2.24, 2.45) is 0 Å². The first kappa shape index (κ1) is 12.2. The molecule has 0 bridgehead atoms. The Balaban J connectivity index is 1.85. The molecule has 1 unspecified atom stereocenters. The summed E-state index contributed by atoms with van der Waals surface area (Å²) in [4.78, 5) is 4.53. The molecule has 2 N–H and O–H groups in total. The average Bonchev–Trinajstić information content (AvgIpc) is 3.07. The summed E-state index contributed by atoms with van der Waals surface area (Å²) in [6.07, 6.45) is 2.23. The van der Waals surface area contributed by atoms with Crippen LogP contribution >= 0.6 is 11.3 Å². The van der Waals surface area contributed by atoms with Gasteiger partial charge in [-0.15, -0.1) is 0 Å². The highest BCUT2D eigenvalue weighted by Gasteiger charge is 2.15. The first-order valence-corrected chi connectivity index (χ1v) is 6.95. The van der Waals surface area contributed by atoms with Crippen LogP contribution in [0.2, 0.25) is 0 Å². The van der Waals surface area contributed by atoms with Crippen LogP contribution in [0.1, 0.15) is 18.2 Å². The number of aliphatic hydroxyl groups excluding tert-OH is 1. The fraction of sp³-hybridized carbons (Fsp3) is 0.214. The molecule has 3 aromatic rings. The molecule has 1 aromatic carbocycles. The second-order valence-electron chi connectivity index (χ2n) is 4.21. The number of benzene rings is 1. The molecule has 1 atom stereocenters. The van der Waals surface area contributed by atoms with Crippen LogP contribution in [0.3, 0.4) is 0 Å². The fourth-order valence-corrected chi connectivity index (χ4v) is 2.91. The maximum Gasteiger partial charge on any atom is 0.184 e. The molecular weight excluding hydrogens is 260 g/mol. The monoisotopic (exact) mass is 274 g/mol. The number of furan rings is 1. The summed E-state index contributed by atoms with van der Waals surface area (Å²) in [5, 5.41) is 13.3. The van der Waals surface area contributed by atoms with E-state index in [2.05, 4.69) is 10.3 Å². The maximum absolute atomic E-state index is 9.15. The number of anilines is 1. The van der Waals surface area contributed by atoms with E-state index in [1.807, 2.05) is 36.4 Å². The molecule has 5 heteroatoms. The summed E-state index contributed by atoms with van der Waals surface area (Å²) < 4.78 is 6.54. The number of hydrogen-bond acceptors (Lipinski definition) is 5. The van der Waals surface area contributed by atoms with Gasteiger partial charge in [0.15, 0.2) is 5.13 Å². The smallest absolute Gasteiger partial charge is 0.184 e. The van der Waals surface area contributed by atoms with E-state index >= 15 is 0 Å². The topological polar surface area (TPSA) is 58.3 Å². The second kappa shape index (κ2) is 5.42. The fourth-order valence-electron chi connectivity index (χ4n) is 1.99. The van der Waals surface area contributed by atoms with E-state index in [0.29, 0.717) is 6.42 Å². The summed E-state index contributed by atoms with van der Waals surface area (Å²) >= 11 is 1.60. The van der Waals surface area contributed by atoms with E-state index in [1.54, 1.807) is 17.6 Å². The largest absolute Gasteiger partial charge is 0.467 e. The summed E-state index contributed by atoms with van der Waals surface area (Å²) in [5.74, 6) is 0.813. The molecular formula is C14H14N2O2S. The number of para-hydroxylation sites is 1. The van der Waals surface area contributed by atoms with Crippen molar-refractivity contribution in [3.8, 4) is 0 Å². The maximum atomic E-state index is 9.15. The third kappa shape index (κ3) is 2.62. The predicted molar refractivity (Wildman–Crippen MR) is 76.4 cm³/mol. The van der Waals surface area contributed by atoms with Crippen molar-refractivity contribution >= 4 is 26.7 Å². The average molecular weight is 274 g/mol. The Morgan fingerprint density at radius 1 is 1.26 bits per heavy atom. The normalized spacial score (nSPS) is 12.7. The molecule has 0 aliphatic rings. The van der Waals surface area contributed by atoms with Gasteiger partial charge in [-0.1, -0.05) is 23.5 Å². The van der Waals surface area contributed by atoms with Gasteiger partial charge in [0.05, 0.1) is 22.5 Å². The van der Waals surface area contributed by atoms with E-state index < -0.39 is 0 Å². The lowest BCUT2D eigenvalue weighted by Crippen LogP contribution is -2.11. The van der Waals surface area contributed by atoms with Gasteiger partial charge >= 0.3 is 0 Å². The molecule has 2 aromatic heterocycles. The highest BCUT2D eigenvalue weighted by Crippen LogP contribution is 2.29. The van der Waals surface area contributed by atoms with Crippen LogP contribution < -0.4 is 5.32 Å². The van der Waals surface area contributed by atoms with Crippen LogP contribution in [-0.4, -0.2) is 16.7 Å². The van der Waals surface area contributed by atoms with Crippen LogP contribution in [0.5, 0.6) is 0 Å². The molecule has 0 aliphatic carbocycles. The third-order valence-corrected chi connectivity index (χ3v) is 3.86. The minimum absolute atomic E-state index is 0.0550. The molecule has 98 valence electrons. The van der Waals surface area contributed by atoms with Gasteiger partial charge in [-0.25, -0.2) is 4.98 Å². The molecule has 0 spiro atoms. The molecule has 0 radical (unpaired) electrons. The zero-order valence-electron chi connectivity index (χ0n) is 10.2. The van der Waals surface area contributed by atoms with E-state index in [0.717, 1.165) is 21.1 Å². The van der Waals surface area contributed by atoms with Crippen LogP contribution in [0.4, 0.5) is 5.13 Å². The summed E-state index contributed by atoms with van der Waals surface area (Å²) in [6.45, 7) is 0.100. The molecule has 0 aliphatic heterocycles. The molecule has 19 heavy (non-hydrogen) atoms. The number of nitrogens with zero attached hydrogens (tertiary/aromatic N) is 1. The van der Waals surface area contributed by atoms with Gasteiger partial charge in [-0.05, 0) is 30.7 Å². The van der Waals surface area contributed by atoms with Gasteiger partial charge in [0, 0.05) is 6.61 Å². The predicted octanol–water partition coefficient (Wildman–Crippen LogP) is 3.42. The molecule has 0 fully saturated rings. The Morgan fingerprint density at radius 2 is 2.16 bits per heavy atom. The minimum Gasteiger partial charge on any atom is -0.467 e. The number of aromatic nitrogens is 1.